The minimum atomic E-state index is -0.213. The lowest BCUT2D eigenvalue weighted by atomic mass is 10.2. The Hall–Kier alpha value is -1.79. The number of aromatic nitrogens is 2. The van der Waals surface area contributed by atoms with Crippen LogP contribution in [0, 0.1) is 0 Å². The summed E-state index contributed by atoms with van der Waals surface area (Å²) in [5.41, 5.74) is 0.534. The topological polar surface area (TPSA) is 77.6 Å². The fraction of sp³-hybridized carbons (Fsp3) is 0.429. The summed E-state index contributed by atoms with van der Waals surface area (Å²) >= 11 is 5.95. The molecule has 0 aliphatic rings. The van der Waals surface area contributed by atoms with E-state index in [4.69, 9.17) is 25.6 Å². The second-order valence-corrected chi connectivity index (χ2v) is 5.18. The highest BCUT2D eigenvalue weighted by Gasteiger charge is 2.15. The second kappa shape index (κ2) is 6.78. The lowest BCUT2D eigenvalue weighted by molar-refractivity contribution is 0.243. The van der Waals surface area contributed by atoms with Crippen molar-refractivity contribution >= 4 is 11.6 Å². The fourth-order valence-corrected chi connectivity index (χ4v) is 1.98. The number of benzene rings is 1. The molecule has 0 spiro atoms. The molecule has 0 unspecified atom stereocenters. The van der Waals surface area contributed by atoms with Gasteiger partial charge in [0.1, 0.15) is 0 Å². The highest BCUT2D eigenvalue weighted by molar-refractivity contribution is 6.30. The van der Waals surface area contributed by atoms with Gasteiger partial charge in [0.15, 0.2) is 18.1 Å². The molecule has 7 heteroatoms. The van der Waals surface area contributed by atoms with Crippen LogP contribution >= 0.6 is 11.6 Å². The van der Waals surface area contributed by atoms with E-state index in [1.807, 2.05) is 13.8 Å². The summed E-state index contributed by atoms with van der Waals surface area (Å²) in [6.45, 7) is 3.82. The maximum Gasteiger partial charge on any atom is 0.229 e. The molecule has 0 radical (unpaired) electrons. The lowest BCUT2D eigenvalue weighted by Gasteiger charge is -2.13. The van der Waals surface area contributed by atoms with Gasteiger partial charge < -0.3 is 19.1 Å². The van der Waals surface area contributed by atoms with Gasteiger partial charge in [-0.05, 0) is 6.07 Å². The van der Waals surface area contributed by atoms with Crippen molar-refractivity contribution in [3.63, 3.8) is 0 Å². The molecule has 0 amide bonds. The number of methoxy groups -OCH3 is 1. The molecule has 2 rings (SSSR count). The molecule has 1 heterocycles. The van der Waals surface area contributed by atoms with Crippen molar-refractivity contribution in [3.05, 3.63) is 34.4 Å². The quantitative estimate of drug-likeness (QED) is 0.883. The van der Waals surface area contributed by atoms with Crippen molar-refractivity contribution in [2.75, 3.05) is 7.11 Å². The van der Waals surface area contributed by atoms with Gasteiger partial charge in [-0.15, -0.1) is 0 Å². The summed E-state index contributed by atoms with van der Waals surface area (Å²) in [7, 11) is 1.50. The van der Waals surface area contributed by atoms with Crippen molar-refractivity contribution in [2.24, 2.45) is 0 Å². The first-order valence-electron chi connectivity index (χ1n) is 6.47. The van der Waals surface area contributed by atoms with Crippen LogP contribution in [0.5, 0.6) is 11.5 Å². The molecule has 1 aromatic heterocycles. The highest BCUT2D eigenvalue weighted by atomic mass is 35.5. The number of nitrogens with zero attached hydrogens (tertiary/aromatic N) is 2. The Labute approximate surface area is 127 Å². The predicted molar refractivity (Wildman–Crippen MR) is 76.6 cm³/mol. The van der Waals surface area contributed by atoms with Crippen LogP contribution in [0.3, 0.4) is 0 Å². The Morgan fingerprint density at radius 1 is 1.38 bits per heavy atom. The van der Waals surface area contributed by atoms with Gasteiger partial charge in [-0.1, -0.05) is 30.6 Å². The van der Waals surface area contributed by atoms with Gasteiger partial charge in [0.25, 0.3) is 0 Å². The normalized spacial score (nSPS) is 11.0. The van der Waals surface area contributed by atoms with Gasteiger partial charge in [0, 0.05) is 22.6 Å². The average Bonchev–Trinajstić information content (AvgIpc) is 2.94. The summed E-state index contributed by atoms with van der Waals surface area (Å²) in [4.78, 5) is 4.22. The number of aliphatic hydroxyl groups is 1. The van der Waals surface area contributed by atoms with E-state index in [9.17, 15) is 5.11 Å². The molecule has 114 valence electrons. The van der Waals surface area contributed by atoms with Crippen LogP contribution in [0.25, 0.3) is 0 Å². The van der Waals surface area contributed by atoms with Gasteiger partial charge in [0.05, 0.1) is 13.7 Å². The zero-order valence-corrected chi connectivity index (χ0v) is 12.8. The molecule has 0 saturated carbocycles. The summed E-state index contributed by atoms with van der Waals surface area (Å²) < 4.78 is 16.0. The minimum absolute atomic E-state index is 0.112. The monoisotopic (exact) mass is 312 g/mol. The predicted octanol–water partition coefficient (Wildman–Crippen LogP) is 2.93. The molecule has 0 aliphatic carbocycles. The van der Waals surface area contributed by atoms with Gasteiger partial charge in [-0.2, -0.15) is 4.98 Å². The molecule has 6 nitrogen and oxygen atoms in total. The number of aliphatic hydroxyl groups excluding tert-OH is 1. The molecule has 0 fully saturated rings. The molecule has 0 aliphatic heterocycles. The molecule has 21 heavy (non-hydrogen) atoms. The zero-order chi connectivity index (χ0) is 15.4. The first-order valence-corrected chi connectivity index (χ1v) is 6.85. The summed E-state index contributed by atoms with van der Waals surface area (Å²) in [6, 6.07) is 3.24. The first kappa shape index (κ1) is 15.6. The van der Waals surface area contributed by atoms with Crippen molar-refractivity contribution in [3.8, 4) is 11.5 Å². The summed E-state index contributed by atoms with van der Waals surface area (Å²) in [5, 5.41) is 13.7. The lowest BCUT2D eigenvalue weighted by Crippen LogP contribution is -2.03. The van der Waals surface area contributed by atoms with Crippen LogP contribution in [0.4, 0.5) is 0 Å². The number of hydrogen-bond donors (Lipinski definition) is 1. The highest BCUT2D eigenvalue weighted by Crippen LogP contribution is 2.35. The van der Waals surface area contributed by atoms with Gasteiger partial charge in [-0.25, -0.2) is 0 Å². The van der Waals surface area contributed by atoms with Crippen LogP contribution < -0.4 is 9.47 Å². The third-order valence-electron chi connectivity index (χ3n) is 2.81. The van der Waals surface area contributed by atoms with E-state index in [-0.39, 0.29) is 19.1 Å². The molecule has 0 atom stereocenters. The maximum absolute atomic E-state index is 9.39. The number of ether oxygens (including phenoxy) is 2. The van der Waals surface area contributed by atoms with Crippen LogP contribution in [-0.4, -0.2) is 22.4 Å². The smallest absolute Gasteiger partial charge is 0.229 e. The third-order valence-corrected chi connectivity index (χ3v) is 3.03. The molecule has 1 aromatic carbocycles. The Morgan fingerprint density at radius 3 is 2.71 bits per heavy atom. The van der Waals surface area contributed by atoms with E-state index in [1.54, 1.807) is 12.1 Å². The van der Waals surface area contributed by atoms with E-state index in [1.165, 1.54) is 7.11 Å². The van der Waals surface area contributed by atoms with E-state index in [0.717, 1.165) is 0 Å². The maximum atomic E-state index is 9.39. The SMILES string of the molecule is COc1cc(Cl)cc(CO)c1OCc1noc(C(C)C)n1. The standard InChI is InChI=1S/C14H17ClN2O4/c1-8(2)14-16-12(17-21-14)7-20-13-9(6-18)4-10(15)5-11(13)19-3/h4-5,8,18H,6-7H2,1-3H3. The minimum Gasteiger partial charge on any atom is -0.493 e. The van der Waals surface area contributed by atoms with E-state index in [2.05, 4.69) is 10.1 Å². The molecule has 2 aromatic rings. The molecular weight excluding hydrogens is 296 g/mol. The summed E-state index contributed by atoms with van der Waals surface area (Å²) in [5.74, 6) is 2.00. The van der Waals surface area contributed by atoms with Gasteiger partial charge in [0.2, 0.25) is 11.7 Å². The molecular formula is C14H17ClN2O4. The van der Waals surface area contributed by atoms with Crippen molar-refractivity contribution in [1.29, 1.82) is 0 Å². The van der Waals surface area contributed by atoms with Crippen LogP contribution in [0.15, 0.2) is 16.7 Å². The van der Waals surface area contributed by atoms with E-state index in [0.29, 0.717) is 33.8 Å². The van der Waals surface area contributed by atoms with Crippen molar-refractivity contribution in [1.82, 2.24) is 10.1 Å². The van der Waals surface area contributed by atoms with Crippen molar-refractivity contribution in [2.45, 2.75) is 33.0 Å². The Bertz CT molecular complexity index is 588. The van der Waals surface area contributed by atoms with Crippen LogP contribution in [-0.2, 0) is 13.2 Å². The molecule has 0 bridgehead atoms. The number of halogens is 1. The fourth-order valence-electron chi connectivity index (χ4n) is 1.75. The largest absolute Gasteiger partial charge is 0.493 e. The Morgan fingerprint density at radius 2 is 2.14 bits per heavy atom. The van der Waals surface area contributed by atoms with E-state index >= 15 is 0 Å². The molecule has 0 saturated heterocycles. The molecule has 1 N–H and O–H groups in total. The number of hydrogen-bond acceptors (Lipinski definition) is 6. The number of rotatable bonds is 6. The Kier molecular flexibility index (Phi) is 5.03. The average molecular weight is 313 g/mol. The van der Waals surface area contributed by atoms with Crippen molar-refractivity contribution < 1.29 is 19.1 Å². The first-order chi connectivity index (χ1) is 10.0. The third kappa shape index (κ3) is 3.65. The van der Waals surface area contributed by atoms with Gasteiger partial charge in [-0.3, -0.25) is 0 Å². The van der Waals surface area contributed by atoms with Gasteiger partial charge >= 0.3 is 0 Å². The Balaban J connectivity index is 2.18. The summed E-state index contributed by atoms with van der Waals surface area (Å²) in [6.07, 6.45) is 0. The van der Waals surface area contributed by atoms with Crippen LogP contribution in [0.1, 0.15) is 37.0 Å². The van der Waals surface area contributed by atoms with Crippen LogP contribution in [0.2, 0.25) is 5.02 Å². The zero-order valence-electron chi connectivity index (χ0n) is 12.1. The van der Waals surface area contributed by atoms with E-state index < -0.39 is 0 Å². The second-order valence-electron chi connectivity index (χ2n) is 4.75.